The van der Waals surface area contributed by atoms with Crippen LogP contribution >= 0.6 is 0 Å². The van der Waals surface area contributed by atoms with Crippen LogP contribution < -0.4 is 5.32 Å². The Hall–Kier alpha value is -1.46. The first-order valence-electron chi connectivity index (χ1n) is 7.31. The third-order valence-corrected chi connectivity index (χ3v) is 4.15. The maximum atomic E-state index is 10.9. The van der Waals surface area contributed by atoms with Crippen molar-refractivity contribution in [2.75, 3.05) is 20.1 Å². The molecular formula is C15H23N3O2. The molecule has 110 valence electrons. The summed E-state index contributed by atoms with van der Waals surface area (Å²) >= 11 is 0. The summed E-state index contributed by atoms with van der Waals surface area (Å²) in [6, 6.07) is 7.86. The Labute approximate surface area is 120 Å². The van der Waals surface area contributed by atoms with Crippen molar-refractivity contribution in [3.8, 4) is 0 Å². The van der Waals surface area contributed by atoms with Crippen LogP contribution in [0.4, 0.5) is 5.69 Å². The summed E-state index contributed by atoms with van der Waals surface area (Å²) in [6.45, 7) is 4.23. The Morgan fingerprint density at radius 3 is 3.00 bits per heavy atom. The average Bonchev–Trinajstić information content (AvgIpc) is 2.48. The summed E-state index contributed by atoms with van der Waals surface area (Å²) in [4.78, 5) is 13.1. The van der Waals surface area contributed by atoms with Crippen molar-refractivity contribution in [3.63, 3.8) is 0 Å². The molecule has 0 bridgehead atoms. The lowest BCUT2D eigenvalue weighted by Crippen LogP contribution is -2.45. The molecule has 2 atom stereocenters. The molecule has 1 N–H and O–H groups in total. The highest BCUT2D eigenvalue weighted by Crippen LogP contribution is 2.29. The Kier molecular flexibility index (Phi) is 5.09. The average molecular weight is 277 g/mol. The molecule has 0 aromatic heterocycles. The molecule has 1 aromatic carbocycles. The molecule has 2 rings (SSSR count). The van der Waals surface area contributed by atoms with Gasteiger partial charge in [-0.05, 0) is 38.4 Å². The van der Waals surface area contributed by atoms with Gasteiger partial charge in [0.2, 0.25) is 0 Å². The van der Waals surface area contributed by atoms with E-state index in [1.165, 1.54) is 12.8 Å². The van der Waals surface area contributed by atoms with E-state index in [-0.39, 0.29) is 16.7 Å². The van der Waals surface area contributed by atoms with Crippen molar-refractivity contribution in [2.45, 2.75) is 38.3 Å². The molecule has 5 nitrogen and oxygen atoms in total. The van der Waals surface area contributed by atoms with E-state index < -0.39 is 0 Å². The standard InChI is InChI=1S/C15H23N3O2/c1-3-15(17-9-5-7-13(11-17)16-2)12-6-4-8-14(10-12)18(19)20/h4,6,8,10,13,15-16H,3,5,7,9,11H2,1-2H3. The lowest BCUT2D eigenvalue weighted by atomic mass is 9.97. The number of nitrogens with one attached hydrogen (secondary N) is 1. The van der Waals surface area contributed by atoms with Crippen LogP contribution in [-0.2, 0) is 0 Å². The van der Waals surface area contributed by atoms with Crippen LogP contribution in [0, 0.1) is 10.1 Å². The largest absolute Gasteiger partial charge is 0.316 e. The minimum absolute atomic E-state index is 0.183. The highest BCUT2D eigenvalue weighted by molar-refractivity contribution is 5.35. The first-order chi connectivity index (χ1) is 9.65. The summed E-state index contributed by atoms with van der Waals surface area (Å²) in [7, 11) is 2.00. The molecular weight excluding hydrogens is 254 g/mol. The Morgan fingerprint density at radius 1 is 1.55 bits per heavy atom. The summed E-state index contributed by atoms with van der Waals surface area (Å²) < 4.78 is 0. The maximum absolute atomic E-state index is 10.9. The highest BCUT2D eigenvalue weighted by Gasteiger charge is 2.25. The Morgan fingerprint density at radius 2 is 2.35 bits per heavy atom. The predicted octanol–water partition coefficient (Wildman–Crippen LogP) is 2.73. The van der Waals surface area contributed by atoms with Crippen molar-refractivity contribution < 1.29 is 4.92 Å². The molecule has 2 unspecified atom stereocenters. The molecule has 1 fully saturated rings. The second kappa shape index (κ2) is 6.81. The van der Waals surface area contributed by atoms with Gasteiger partial charge in [0.05, 0.1) is 4.92 Å². The molecule has 20 heavy (non-hydrogen) atoms. The van der Waals surface area contributed by atoms with Crippen molar-refractivity contribution in [2.24, 2.45) is 0 Å². The van der Waals surface area contributed by atoms with Crippen LogP contribution in [0.5, 0.6) is 0 Å². The van der Waals surface area contributed by atoms with Gasteiger partial charge < -0.3 is 5.32 Å². The minimum Gasteiger partial charge on any atom is -0.316 e. The summed E-state index contributed by atoms with van der Waals surface area (Å²) in [5.41, 5.74) is 1.24. The van der Waals surface area contributed by atoms with Gasteiger partial charge in [-0.3, -0.25) is 15.0 Å². The fraction of sp³-hybridized carbons (Fsp3) is 0.600. The van der Waals surface area contributed by atoms with E-state index in [2.05, 4.69) is 17.1 Å². The van der Waals surface area contributed by atoms with E-state index in [0.717, 1.165) is 25.1 Å². The first-order valence-corrected chi connectivity index (χ1v) is 7.31. The van der Waals surface area contributed by atoms with Crippen LogP contribution in [-0.4, -0.2) is 36.0 Å². The zero-order valence-corrected chi connectivity index (χ0v) is 12.2. The zero-order chi connectivity index (χ0) is 14.5. The van der Waals surface area contributed by atoms with E-state index >= 15 is 0 Å². The number of rotatable bonds is 5. The van der Waals surface area contributed by atoms with Gasteiger partial charge in [0, 0.05) is 30.8 Å². The normalized spacial score (nSPS) is 21.6. The van der Waals surface area contributed by atoms with Gasteiger partial charge in [0.25, 0.3) is 5.69 Å². The molecule has 1 aliphatic rings. The fourth-order valence-electron chi connectivity index (χ4n) is 3.08. The molecule has 0 radical (unpaired) electrons. The molecule has 5 heteroatoms. The first kappa shape index (κ1) is 14.9. The van der Waals surface area contributed by atoms with Crippen molar-refractivity contribution in [3.05, 3.63) is 39.9 Å². The maximum Gasteiger partial charge on any atom is 0.269 e. The molecule has 1 heterocycles. The lowest BCUT2D eigenvalue weighted by Gasteiger charge is -2.38. The minimum atomic E-state index is -0.317. The Bertz CT molecular complexity index is 464. The number of likely N-dealkylation sites (N-methyl/N-ethyl adjacent to an activating group) is 1. The summed E-state index contributed by atoms with van der Waals surface area (Å²) in [5.74, 6) is 0. The smallest absolute Gasteiger partial charge is 0.269 e. The molecule has 1 saturated heterocycles. The molecule has 0 saturated carbocycles. The van der Waals surface area contributed by atoms with Gasteiger partial charge in [0.1, 0.15) is 0 Å². The van der Waals surface area contributed by atoms with Gasteiger partial charge in [-0.25, -0.2) is 0 Å². The number of benzene rings is 1. The van der Waals surface area contributed by atoms with Crippen molar-refractivity contribution in [1.29, 1.82) is 0 Å². The number of nitrogens with zero attached hydrogens (tertiary/aromatic N) is 2. The number of nitro benzene ring substituents is 1. The van der Waals surface area contributed by atoms with Gasteiger partial charge in [-0.15, -0.1) is 0 Å². The van der Waals surface area contributed by atoms with Gasteiger partial charge in [-0.1, -0.05) is 19.1 Å². The lowest BCUT2D eigenvalue weighted by molar-refractivity contribution is -0.385. The van der Waals surface area contributed by atoms with Crippen LogP contribution in [0.25, 0.3) is 0 Å². The third kappa shape index (κ3) is 3.35. The van der Waals surface area contributed by atoms with Crippen molar-refractivity contribution in [1.82, 2.24) is 10.2 Å². The van der Waals surface area contributed by atoms with E-state index in [0.29, 0.717) is 6.04 Å². The predicted molar refractivity (Wildman–Crippen MR) is 79.8 cm³/mol. The van der Waals surface area contributed by atoms with E-state index in [1.807, 2.05) is 13.1 Å². The quantitative estimate of drug-likeness (QED) is 0.664. The molecule has 0 amide bonds. The van der Waals surface area contributed by atoms with Gasteiger partial charge >= 0.3 is 0 Å². The monoisotopic (exact) mass is 277 g/mol. The van der Waals surface area contributed by atoms with Crippen molar-refractivity contribution >= 4 is 5.69 Å². The van der Waals surface area contributed by atoms with Crippen LogP contribution in [0.15, 0.2) is 24.3 Å². The van der Waals surface area contributed by atoms with E-state index in [4.69, 9.17) is 0 Å². The van der Waals surface area contributed by atoms with Crippen LogP contribution in [0.2, 0.25) is 0 Å². The SMILES string of the molecule is CCC(c1cccc([N+](=O)[O-])c1)N1CCCC(NC)C1. The molecule has 1 aliphatic heterocycles. The molecule has 0 aliphatic carbocycles. The second-order valence-corrected chi connectivity index (χ2v) is 5.40. The second-order valence-electron chi connectivity index (χ2n) is 5.40. The zero-order valence-electron chi connectivity index (χ0n) is 12.2. The number of hydrogen-bond donors (Lipinski definition) is 1. The van der Waals surface area contributed by atoms with Crippen LogP contribution in [0.3, 0.4) is 0 Å². The van der Waals surface area contributed by atoms with E-state index in [1.54, 1.807) is 18.2 Å². The Balaban J connectivity index is 2.18. The third-order valence-electron chi connectivity index (χ3n) is 4.15. The number of hydrogen-bond acceptors (Lipinski definition) is 4. The topological polar surface area (TPSA) is 58.4 Å². The molecule has 0 spiro atoms. The number of nitro groups is 1. The van der Waals surface area contributed by atoms with Gasteiger partial charge in [0.15, 0.2) is 0 Å². The number of non-ortho nitro benzene ring substituents is 1. The number of likely N-dealkylation sites (tertiary alicyclic amines) is 1. The van der Waals surface area contributed by atoms with Gasteiger partial charge in [-0.2, -0.15) is 0 Å². The highest BCUT2D eigenvalue weighted by atomic mass is 16.6. The molecule has 1 aromatic rings. The van der Waals surface area contributed by atoms with Crippen LogP contribution in [0.1, 0.15) is 37.8 Å². The summed E-state index contributed by atoms with van der Waals surface area (Å²) in [5, 5.41) is 14.3. The fourth-order valence-corrected chi connectivity index (χ4v) is 3.08. The van der Waals surface area contributed by atoms with E-state index in [9.17, 15) is 10.1 Å². The summed E-state index contributed by atoms with van der Waals surface area (Å²) in [6.07, 6.45) is 3.35. The number of piperidine rings is 1.